The molecule has 0 saturated heterocycles. The van der Waals surface area contributed by atoms with Crippen LogP contribution >= 0.6 is 0 Å². The van der Waals surface area contributed by atoms with Crippen LogP contribution < -0.4 is 10.6 Å². The van der Waals surface area contributed by atoms with Gasteiger partial charge >= 0.3 is 6.18 Å². The van der Waals surface area contributed by atoms with E-state index in [1.807, 2.05) is 25.7 Å². The van der Waals surface area contributed by atoms with E-state index in [-0.39, 0.29) is 18.0 Å². The van der Waals surface area contributed by atoms with Crippen molar-refractivity contribution < 1.29 is 13.2 Å². The van der Waals surface area contributed by atoms with Gasteiger partial charge in [-0.05, 0) is 43.9 Å². The lowest BCUT2D eigenvalue weighted by molar-refractivity contribution is -0.138. The summed E-state index contributed by atoms with van der Waals surface area (Å²) in [5.74, 6) is 0. The third-order valence-corrected chi connectivity index (χ3v) is 3.65. The number of rotatable bonds is 7. The van der Waals surface area contributed by atoms with Crippen LogP contribution in [0.5, 0.6) is 0 Å². The molecule has 0 aliphatic heterocycles. The number of hydrogen-bond donors (Lipinski definition) is 1. The van der Waals surface area contributed by atoms with E-state index >= 15 is 0 Å². The molecule has 0 radical (unpaired) electrons. The first-order chi connectivity index (χ1) is 9.83. The van der Waals surface area contributed by atoms with Crippen molar-refractivity contribution in [2.45, 2.75) is 52.3 Å². The second-order valence-corrected chi connectivity index (χ2v) is 5.29. The van der Waals surface area contributed by atoms with Gasteiger partial charge in [0.25, 0.3) is 0 Å². The lowest BCUT2D eigenvalue weighted by Crippen LogP contribution is -2.26. The second-order valence-electron chi connectivity index (χ2n) is 5.29. The Morgan fingerprint density at radius 2 is 1.86 bits per heavy atom. The zero-order valence-electron chi connectivity index (χ0n) is 13.0. The minimum atomic E-state index is -4.34. The summed E-state index contributed by atoms with van der Waals surface area (Å²) in [5.41, 5.74) is 6.16. The molecule has 0 heterocycles. The molecular formula is C16H25F3N2. The van der Waals surface area contributed by atoms with Gasteiger partial charge in [0.2, 0.25) is 0 Å². The Balaban J connectivity index is 3.18. The molecule has 2 N–H and O–H groups in total. The smallest absolute Gasteiger partial charge is 0.372 e. The highest BCUT2D eigenvalue weighted by atomic mass is 19.4. The van der Waals surface area contributed by atoms with Crippen LogP contribution in [0.1, 0.15) is 44.7 Å². The van der Waals surface area contributed by atoms with E-state index in [1.54, 1.807) is 12.1 Å². The molecule has 0 bridgehead atoms. The summed E-state index contributed by atoms with van der Waals surface area (Å²) >= 11 is 0. The summed E-state index contributed by atoms with van der Waals surface area (Å²) in [7, 11) is 0. The first-order valence-corrected chi connectivity index (χ1v) is 7.54. The van der Waals surface area contributed by atoms with Gasteiger partial charge in [-0.15, -0.1) is 0 Å². The van der Waals surface area contributed by atoms with E-state index in [9.17, 15) is 13.2 Å². The van der Waals surface area contributed by atoms with Gasteiger partial charge in [-0.2, -0.15) is 13.2 Å². The van der Waals surface area contributed by atoms with Gasteiger partial charge in [-0.25, -0.2) is 0 Å². The van der Waals surface area contributed by atoms with Crippen molar-refractivity contribution in [3.8, 4) is 0 Å². The lowest BCUT2D eigenvalue weighted by atomic mass is 9.98. The molecule has 0 spiro atoms. The molecule has 0 amide bonds. The van der Waals surface area contributed by atoms with Crippen molar-refractivity contribution in [3.05, 3.63) is 29.3 Å². The van der Waals surface area contributed by atoms with Gasteiger partial charge in [0.05, 0.1) is 5.56 Å². The lowest BCUT2D eigenvalue weighted by Gasteiger charge is -2.25. The summed E-state index contributed by atoms with van der Waals surface area (Å²) < 4.78 is 39.8. The molecule has 0 aromatic heterocycles. The molecule has 1 atom stereocenters. The SMILES string of the molecule is CCCN(CC)c1ccc(CC(N)CC)c(C(F)(F)F)c1. The van der Waals surface area contributed by atoms with Crippen LogP contribution in [-0.4, -0.2) is 19.1 Å². The fourth-order valence-electron chi connectivity index (χ4n) is 2.37. The van der Waals surface area contributed by atoms with Gasteiger partial charge in [-0.3, -0.25) is 0 Å². The molecule has 120 valence electrons. The predicted octanol–water partition coefficient (Wildman–Crippen LogP) is 4.22. The zero-order chi connectivity index (χ0) is 16.0. The largest absolute Gasteiger partial charge is 0.416 e. The van der Waals surface area contributed by atoms with E-state index in [4.69, 9.17) is 5.73 Å². The minimum Gasteiger partial charge on any atom is -0.372 e. The fourth-order valence-corrected chi connectivity index (χ4v) is 2.37. The molecule has 0 aliphatic carbocycles. The van der Waals surface area contributed by atoms with Crippen LogP contribution in [0.15, 0.2) is 18.2 Å². The molecule has 1 rings (SSSR count). The summed E-state index contributed by atoms with van der Waals surface area (Å²) in [6.45, 7) is 7.29. The summed E-state index contributed by atoms with van der Waals surface area (Å²) in [6.07, 6.45) is -2.52. The standard InChI is InChI=1S/C16H25F3N2/c1-4-9-21(6-3)14-8-7-12(10-13(20)5-2)15(11-14)16(17,18)19/h7-8,11,13H,4-6,9-10,20H2,1-3H3. The third kappa shape index (κ3) is 4.92. The molecule has 0 fully saturated rings. The van der Waals surface area contributed by atoms with E-state index in [2.05, 4.69) is 0 Å². The second kappa shape index (κ2) is 7.69. The molecular weight excluding hydrogens is 277 g/mol. The van der Waals surface area contributed by atoms with Crippen molar-refractivity contribution in [3.63, 3.8) is 0 Å². The van der Waals surface area contributed by atoms with Gasteiger partial charge < -0.3 is 10.6 Å². The molecule has 2 nitrogen and oxygen atoms in total. The van der Waals surface area contributed by atoms with Crippen molar-refractivity contribution in [2.24, 2.45) is 5.73 Å². The first-order valence-electron chi connectivity index (χ1n) is 7.54. The van der Waals surface area contributed by atoms with Crippen molar-refractivity contribution >= 4 is 5.69 Å². The van der Waals surface area contributed by atoms with Crippen LogP contribution in [0.2, 0.25) is 0 Å². The maximum Gasteiger partial charge on any atom is 0.416 e. The third-order valence-electron chi connectivity index (χ3n) is 3.65. The molecule has 0 saturated carbocycles. The van der Waals surface area contributed by atoms with Crippen molar-refractivity contribution in [1.29, 1.82) is 0 Å². The number of halogens is 3. The molecule has 5 heteroatoms. The average Bonchev–Trinajstić information content (AvgIpc) is 2.44. The Morgan fingerprint density at radius 3 is 2.33 bits per heavy atom. The number of anilines is 1. The number of hydrogen-bond acceptors (Lipinski definition) is 2. The number of nitrogens with zero attached hydrogens (tertiary/aromatic N) is 1. The van der Waals surface area contributed by atoms with Crippen LogP contribution in [0.25, 0.3) is 0 Å². The quantitative estimate of drug-likeness (QED) is 0.817. The summed E-state index contributed by atoms with van der Waals surface area (Å²) in [5, 5.41) is 0. The van der Waals surface area contributed by atoms with E-state index in [0.29, 0.717) is 18.7 Å². The maximum absolute atomic E-state index is 13.3. The Hall–Kier alpha value is -1.23. The minimum absolute atomic E-state index is 0.241. The highest BCUT2D eigenvalue weighted by Gasteiger charge is 2.34. The van der Waals surface area contributed by atoms with E-state index < -0.39 is 11.7 Å². The monoisotopic (exact) mass is 302 g/mol. The average molecular weight is 302 g/mol. The Bertz CT molecular complexity index is 444. The zero-order valence-corrected chi connectivity index (χ0v) is 13.0. The van der Waals surface area contributed by atoms with Crippen LogP contribution in [0, 0.1) is 0 Å². The van der Waals surface area contributed by atoms with Gasteiger partial charge in [-0.1, -0.05) is 19.9 Å². The Kier molecular flexibility index (Phi) is 6.52. The summed E-state index contributed by atoms with van der Waals surface area (Å²) in [4.78, 5) is 1.96. The number of benzene rings is 1. The normalized spacial score (nSPS) is 13.3. The first kappa shape index (κ1) is 17.8. The number of alkyl halides is 3. The van der Waals surface area contributed by atoms with E-state index in [1.165, 1.54) is 6.07 Å². The highest BCUT2D eigenvalue weighted by Crippen LogP contribution is 2.35. The van der Waals surface area contributed by atoms with Gasteiger partial charge in [0.15, 0.2) is 0 Å². The molecule has 21 heavy (non-hydrogen) atoms. The van der Waals surface area contributed by atoms with Gasteiger partial charge in [0, 0.05) is 24.8 Å². The number of nitrogens with two attached hydrogens (primary N) is 1. The van der Waals surface area contributed by atoms with Crippen LogP contribution in [0.3, 0.4) is 0 Å². The molecule has 1 aromatic rings. The van der Waals surface area contributed by atoms with Crippen molar-refractivity contribution in [2.75, 3.05) is 18.0 Å². The topological polar surface area (TPSA) is 29.3 Å². The van der Waals surface area contributed by atoms with Gasteiger partial charge in [0.1, 0.15) is 0 Å². The van der Waals surface area contributed by atoms with Crippen LogP contribution in [-0.2, 0) is 12.6 Å². The van der Waals surface area contributed by atoms with Crippen molar-refractivity contribution in [1.82, 2.24) is 0 Å². The Morgan fingerprint density at radius 1 is 1.19 bits per heavy atom. The van der Waals surface area contributed by atoms with E-state index in [0.717, 1.165) is 13.0 Å². The highest BCUT2D eigenvalue weighted by molar-refractivity contribution is 5.52. The Labute approximate surface area is 125 Å². The molecule has 0 aliphatic rings. The molecule has 1 unspecified atom stereocenters. The maximum atomic E-state index is 13.3. The molecule has 1 aromatic carbocycles. The summed E-state index contributed by atoms with van der Waals surface area (Å²) in [6, 6.07) is 4.37. The van der Waals surface area contributed by atoms with Crippen LogP contribution in [0.4, 0.5) is 18.9 Å². The fraction of sp³-hybridized carbons (Fsp3) is 0.625. The predicted molar refractivity (Wildman–Crippen MR) is 81.6 cm³/mol.